The summed E-state index contributed by atoms with van der Waals surface area (Å²) in [6, 6.07) is 1.54. The van der Waals surface area contributed by atoms with Crippen LogP contribution in [0.5, 0.6) is 0 Å². The van der Waals surface area contributed by atoms with E-state index < -0.39 is 15.4 Å². The molecule has 0 spiro atoms. The first-order chi connectivity index (χ1) is 8.50. The molecule has 0 saturated carbocycles. The molecule has 0 saturated heterocycles. The summed E-state index contributed by atoms with van der Waals surface area (Å²) in [6.45, 7) is 7.37. The topological polar surface area (TPSA) is 80.5 Å². The third-order valence-corrected chi connectivity index (χ3v) is 3.51. The zero-order valence-electron chi connectivity index (χ0n) is 11.9. The largest absolute Gasteiger partial charge is 0.361 e. The van der Waals surface area contributed by atoms with E-state index in [1.54, 1.807) is 13.0 Å². The Morgan fingerprint density at radius 1 is 1.42 bits per heavy atom. The zero-order chi connectivity index (χ0) is 14.8. The van der Waals surface area contributed by atoms with Crippen LogP contribution in [0.3, 0.4) is 0 Å². The van der Waals surface area contributed by atoms with Gasteiger partial charge in [-0.2, -0.15) is 0 Å². The van der Waals surface area contributed by atoms with Crippen molar-refractivity contribution < 1.29 is 17.7 Å². The minimum Gasteiger partial charge on any atom is -0.361 e. The Labute approximate surface area is 113 Å². The van der Waals surface area contributed by atoms with Gasteiger partial charge >= 0.3 is 0 Å². The highest BCUT2D eigenvalue weighted by Crippen LogP contribution is 2.17. The number of rotatable bonds is 4. The van der Waals surface area contributed by atoms with Crippen LogP contribution in [0.25, 0.3) is 0 Å². The number of carbonyl (C=O) groups is 1. The maximum atomic E-state index is 12.3. The predicted molar refractivity (Wildman–Crippen MR) is 71.7 cm³/mol. The molecule has 0 aliphatic rings. The first kappa shape index (κ1) is 15.7. The molecule has 0 aliphatic heterocycles. The number of hydrogen-bond donors (Lipinski definition) is 0. The Morgan fingerprint density at radius 3 is 2.37 bits per heavy atom. The van der Waals surface area contributed by atoms with E-state index >= 15 is 0 Å². The molecule has 1 rings (SSSR count). The molecule has 1 heterocycles. The normalized spacial score (nSPS) is 12.5. The van der Waals surface area contributed by atoms with Gasteiger partial charge in [0.05, 0.1) is 5.75 Å². The molecule has 0 bridgehead atoms. The summed E-state index contributed by atoms with van der Waals surface area (Å²) in [6.07, 6.45) is 1.15. The van der Waals surface area contributed by atoms with Crippen LogP contribution in [0.1, 0.15) is 37.0 Å². The molecular formula is C12H20N2O4S. The molecule has 1 aromatic heterocycles. The van der Waals surface area contributed by atoms with Gasteiger partial charge in [0.25, 0.3) is 5.91 Å². The van der Waals surface area contributed by atoms with Gasteiger partial charge in [0, 0.05) is 24.4 Å². The molecule has 108 valence electrons. The van der Waals surface area contributed by atoms with Crippen molar-refractivity contribution in [3.63, 3.8) is 0 Å². The van der Waals surface area contributed by atoms with Gasteiger partial charge < -0.3 is 9.42 Å². The molecular weight excluding hydrogens is 268 g/mol. The van der Waals surface area contributed by atoms with Gasteiger partial charge in [-0.05, 0) is 27.7 Å². The Morgan fingerprint density at radius 2 is 2.00 bits per heavy atom. The highest BCUT2D eigenvalue weighted by atomic mass is 32.2. The molecule has 0 N–H and O–H groups in total. The highest BCUT2D eigenvalue weighted by molar-refractivity contribution is 7.90. The zero-order valence-corrected chi connectivity index (χ0v) is 12.7. The lowest BCUT2D eigenvalue weighted by Crippen LogP contribution is -2.47. The second-order valence-corrected chi connectivity index (χ2v) is 7.84. The molecule has 0 fully saturated rings. The number of aryl methyl sites for hydroxylation is 1. The fourth-order valence-electron chi connectivity index (χ4n) is 1.60. The lowest BCUT2D eigenvalue weighted by molar-refractivity contribution is 0.0590. The van der Waals surface area contributed by atoms with E-state index in [1.165, 1.54) is 4.90 Å². The van der Waals surface area contributed by atoms with Crippen LogP contribution in [0.2, 0.25) is 0 Å². The monoisotopic (exact) mass is 288 g/mol. The second-order valence-electron chi connectivity index (χ2n) is 5.58. The summed E-state index contributed by atoms with van der Waals surface area (Å²) in [5.74, 6) is 0.139. The minimum absolute atomic E-state index is 0.0765. The van der Waals surface area contributed by atoms with E-state index in [0.29, 0.717) is 5.76 Å². The molecule has 0 unspecified atom stereocenters. The van der Waals surface area contributed by atoms with Gasteiger partial charge in [0.2, 0.25) is 0 Å². The SMILES string of the molecule is Cc1cc(C(=O)N(CCS(C)(=O)=O)C(C)(C)C)no1. The molecule has 6 nitrogen and oxygen atoms in total. The summed E-state index contributed by atoms with van der Waals surface area (Å²) < 4.78 is 27.4. The Balaban J connectivity index is 2.95. The van der Waals surface area contributed by atoms with Crippen molar-refractivity contribution in [3.8, 4) is 0 Å². The van der Waals surface area contributed by atoms with Gasteiger partial charge in [-0.25, -0.2) is 8.42 Å². The van der Waals surface area contributed by atoms with Crippen LogP contribution in [-0.4, -0.2) is 48.5 Å². The van der Waals surface area contributed by atoms with Crippen molar-refractivity contribution in [2.45, 2.75) is 33.2 Å². The average molecular weight is 288 g/mol. The minimum atomic E-state index is -3.13. The van der Waals surface area contributed by atoms with Crippen molar-refractivity contribution in [1.82, 2.24) is 10.1 Å². The average Bonchev–Trinajstić information content (AvgIpc) is 2.60. The van der Waals surface area contributed by atoms with E-state index in [4.69, 9.17) is 4.52 Å². The third-order valence-electron chi connectivity index (χ3n) is 2.59. The maximum Gasteiger partial charge on any atom is 0.276 e. The number of hydrogen-bond acceptors (Lipinski definition) is 5. The van der Waals surface area contributed by atoms with Crippen LogP contribution >= 0.6 is 0 Å². The fraction of sp³-hybridized carbons (Fsp3) is 0.667. The van der Waals surface area contributed by atoms with Crippen LogP contribution < -0.4 is 0 Å². The summed E-state index contributed by atoms with van der Waals surface area (Å²) >= 11 is 0. The van der Waals surface area contributed by atoms with E-state index in [0.717, 1.165) is 6.26 Å². The van der Waals surface area contributed by atoms with Crippen molar-refractivity contribution in [1.29, 1.82) is 0 Å². The molecule has 19 heavy (non-hydrogen) atoms. The molecule has 1 amide bonds. The van der Waals surface area contributed by atoms with E-state index in [2.05, 4.69) is 5.16 Å². The molecule has 0 atom stereocenters. The van der Waals surface area contributed by atoms with Gasteiger partial charge in [0.15, 0.2) is 5.69 Å². The van der Waals surface area contributed by atoms with Crippen LogP contribution in [0.4, 0.5) is 0 Å². The second kappa shape index (κ2) is 5.32. The van der Waals surface area contributed by atoms with E-state index in [1.807, 2.05) is 20.8 Å². The summed E-state index contributed by atoms with van der Waals surface area (Å²) in [7, 11) is -3.13. The van der Waals surface area contributed by atoms with Crippen LogP contribution in [0.15, 0.2) is 10.6 Å². The molecule has 0 aromatic carbocycles. The number of amides is 1. The summed E-state index contributed by atoms with van der Waals surface area (Å²) in [5.41, 5.74) is -0.296. The van der Waals surface area contributed by atoms with Gasteiger partial charge in [-0.1, -0.05) is 5.16 Å². The Hall–Kier alpha value is -1.37. The highest BCUT2D eigenvalue weighted by Gasteiger charge is 2.29. The number of carbonyl (C=O) groups excluding carboxylic acids is 1. The lowest BCUT2D eigenvalue weighted by Gasteiger charge is -2.35. The number of aromatic nitrogens is 1. The van der Waals surface area contributed by atoms with Gasteiger partial charge in [-0.3, -0.25) is 4.79 Å². The van der Waals surface area contributed by atoms with E-state index in [9.17, 15) is 13.2 Å². The predicted octanol–water partition coefficient (Wildman–Crippen LogP) is 1.27. The third kappa shape index (κ3) is 4.66. The van der Waals surface area contributed by atoms with Gasteiger partial charge in [0.1, 0.15) is 15.6 Å². The van der Waals surface area contributed by atoms with E-state index in [-0.39, 0.29) is 23.9 Å². The van der Waals surface area contributed by atoms with Crippen LogP contribution in [-0.2, 0) is 9.84 Å². The van der Waals surface area contributed by atoms with Crippen molar-refractivity contribution >= 4 is 15.7 Å². The first-order valence-corrected chi connectivity index (χ1v) is 8.00. The van der Waals surface area contributed by atoms with Crippen molar-refractivity contribution in [2.24, 2.45) is 0 Å². The molecule has 7 heteroatoms. The van der Waals surface area contributed by atoms with Crippen molar-refractivity contribution in [2.75, 3.05) is 18.6 Å². The fourth-order valence-corrected chi connectivity index (χ4v) is 2.12. The first-order valence-electron chi connectivity index (χ1n) is 5.94. The maximum absolute atomic E-state index is 12.3. The standard InChI is InChI=1S/C12H20N2O4S/c1-9-8-10(13-18-9)11(15)14(12(2,3)4)6-7-19(5,16)17/h8H,6-7H2,1-5H3. The Kier molecular flexibility index (Phi) is 4.39. The molecule has 0 aliphatic carbocycles. The lowest BCUT2D eigenvalue weighted by atomic mass is 10.1. The summed E-state index contributed by atoms with van der Waals surface area (Å²) in [5, 5.41) is 3.68. The Bertz CT molecular complexity index is 555. The van der Waals surface area contributed by atoms with Crippen molar-refractivity contribution in [3.05, 3.63) is 17.5 Å². The number of nitrogens with zero attached hydrogens (tertiary/aromatic N) is 2. The smallest absolute Gasteiger partial charge is 0.276 e. The molecule has 0 radical (unpaired) electrons. The van der Waals surface area contributed by atoms with Gasteiger partial charge in [-0.15, -0.1) is 0 Å². The van der Waals surface area contributed by atoms with Crippen LogP contribution in [0, 0.1) is 6.92 Å². The summed E-state index contributed by atoms with van der Waals surface area (Å²) in [4.78, 5) is 13.8. The molecule has 1 aromatic rings. The quantitative estimate of drug-likeness (QED) is 0.833. The number of sulfone groups is 1.